The minimum atomic E-state index is -0.325. The second kappa shape index (κ2) is 7.28. The Hall–Kier alpha value is -2.32. The van der Waals surface area contributed by atoms with Crippen molar-refractivity contribution in [2.75, 3.05) is 18.4 Å². The van der Waals surface area contributed by atoms with Gasteiger partial charge in [-0.1, -0.05) is 11.6 Å². The van der Waals surface area contributed by atoms with Gasteiger partial charge in [-0.05, 0) is 19.9 Å². The van der Waals surface area contributed by atoms with Crippen LogP contribution in [0.1, 0.15) is 24.3 Å². The summed E-state index contributed by atoms with van der Waals surface area (Å²) in [6.45, 7) is 5.15. The van der Waals surface area contributed by atoms with Gasteiger partial charge in [0, 0.05) is 25.5 Å². The van der Waals surface area contributed by atoms with Crippen LogP contribution in [0, 0.1) is 0 Å². The van der Waals surface area contributed by atoms with Crippen LogP contribution in [0.15, 0.2) is 24.7 Å². The maximum Gasteiger partial charge on any atom is 0.272 e. The zero-order valence-corrected chi connectivity index (χ0v) is 14.8. The second-order valence-corrected chi connectivity index (χ2v) is 6.60. The van der Waals surface area contributed by atoms with E-state index in [4.69, 9.17) is 16.3 Å². The number of hydrogen-bond donors (Lipinski definition) is 2. The Morgan fingerprint density at radius 1 is 1.40 bits per heavy atom. The Morgan fingerprint density at radius 3 is 2.76 bits per heavy atom. The van der Waals surface area contributed by atoms with E-state index in [1.807, 2.05) is 13.8 Å². The molecule has 0 spiro atoms. The molecule has 0 saturated carbocycles. The van der Waals surface area contributed by atoms with Gasteiger partial charge in [-0.3, -0.25) is 14.3 Å². The van der Waals surface area contributed by atoms with Crippen molar-refractivity contribution in [1.29, 1.82) is 0 Å². The first-order chi connectivity index (χ1) is 11.9. The third-order valence-corrected chi connectivity index (χ3v) is 4.07. The van der Waals surface area contributed by atoms with Crippen molar-refractivity contribution < 1.29 is 14.3 Å². The van der Waals surface area contributed by atoms with E-state index < -0.39 is 0 Å². The highest BCUT2D eigenvalue weighted by Gasteiger charge is 2.26. The van der Waals surface area contributed by atoms with Gasteiger partial charge in [-0.25, -0.2) is 0 Å². The third-order valence-electron chi connectivity index (χ3n) is 3.85. The van der Waals surface area contributed by atoms with E-state index in [1.165, 1.54) is 23.1 Å². The van der Waals surface area contributed by atoms with E-state index >= 15 is 0 Å². The Bertz CT molecular complexity index is 761. The van der Waals surface area contributed by atoms with Crippen LogP contribution < -0.4 is 5.32 Å². The molecule has 8 nitrogen and oxygen atoms in total. The van der Waals surface area contributed by atoms with Crippen molar-refractivity contribution in [2.45, 2.75) is 32.6 Å². The first-order valence-electron chi connectivity index (χ1n) is 8.01. The number of aromatic nitrogens is 3. The molecule has 2 aromatic heterocycles. The van der Waals surface area contributed by atoms with Crippen molar-refractivity contribution >= 4 is 29.1 Å². The molecule has 3 heterocycles. The highest BCUT2D eigenvalue weighted by Crippen LogP contribution is 2.14. The summed E-state index contributed by atoms with van der Waals surface area (Å²) in [4.78, 5) is 29.0. The summed E-state index contributed by atoms with van der Waals surface area (Å²) in [5, 5.41) is 7.29. The van der Waals surface area contributed by atoms with Crippen molar-refractivity contribution in [1.82, 2.24) is 19.7 Å². The van der Waals surface area contributed by atoms with Gasteiger partial charge in [0.15, 0.2) is 0 Å². The van der Waals surface area contributed by atoms with E-state index in [9.17, 15) is 9.59 Å². The average molecular weight is 366 g/mol. The van der Waals surface area contributed by atoms with Gasteiger partial charge in [0.05, 0.1) is 29.1 Å². The van der Waals surface area contributed by atoms with Crippen molar-refractivity contribution in [3.63, 3.8) is 0 Å². The SMILES string of the molecule is CC1CN(C(=O)Cn2cc(NC(=O)c3cc(Cl)c[nH]3)cn2)CC(C)O1. The topological polar surface area (TPSA) is 92.2 Å². The molecule has 1 aliphatic heterocycles. The third kappa shape index (κ3) is 4.40. The first-order valence-corrected chi connectivity index (χ1v) is 8.39. The molecule has 3 rings (SSSR count). The van der Waals surface area contributed by atoms with Gasteiger partial charge in [0.2, 0.25) is 5.91 Å². The number of carbonyl (C=O) groups excluding carboxylic acids is 2. The molecule has 2 N–H and O–H groups in total. The number of carbonyl (C=O) groups is 2. The molecule has 2 aromatic rings. The molecule has 0 radical (unpaired) electrons. The summed E-state index contributed by atoms with van der Waals surface area (Å²) in [7, 11) is 0. The smallest absolute Gasteiger partial charge is 0.272 e. The molecule has 0 aromatic carbocycles. The Kier molecular flexibility index (Phi) is 5.10. The molecular formula is C16H20ClN5O3. The van der Waals surface area contributed by atoms with Crippen molar-refractivity contribution in [2.24, 2.45) is 0 Å². The molecule has 0 bridgehead atoms. The van der Waals surface area contributed by atoms with Crippen molar-refractivity contribution in [3.05, 3.63) is 35.4 Å². The van der Waals surface area contributed by atoms with Crippen LogP contribution in [0.3, 0.4) is 0 Å². The Balaban J connectivity index is 1.58. The fraction of sp³-hybridized carbons (Fsp3) is 0.438. The van der Waals surface area contributed by atoms with Crippen LogP contribution in [0.25, 0.3) is 0 Å². The minimum absolute atomic E-state index is 0.0211. The molecular weight excluding hydrogens is 346 g/mol. The summed E-state index contributed by atoms with van der Waals surface area (Å²) >= 11 is 5.78. The van der Waals surface area contributed by atoms with E-state index in [-0.39, 0.29) is 30.6 Å². The summed E-state index contributed by atoms with van der Waals surface area (Å²) in [5.41, 5.74) is 0.859. The summed E-state index contributed by atoms with van der Waals surface area (Å²) in [6.07, 6.45) is 4.69. The average Bonchev–Trinajstić information content (AvgIpc) is 3.15. The summed E-state index contributed by atoms with van der Waals surface area (Å²) in [5.74, 6) is -0.354. The molecule has 9 heteroatoms. The van der Waals surface area contributed by atoms with Gasteiger partial charge in [0.1, 0.15) is 12.2 Å². The van der Waals surface area contributed by atoms with Gasteiger partial charge in [0.25, 0.3) is 5.91 Å². The van der Waals surface area contributed by atoms with Gasteiger partial charge < -0.3 is 19.9 Å². The van der Waals surface area contributed by atoms with Crippen LogP contribution >= 0.6 is 11.6 Å². The molecule has 2 amide bonds. The van der Waals surface area contributed by atoms with E-state index in [0.29, 0.717) is 29.5 Å². The first kappa shape index (κ1) is 17.5. The van der Waals surface area contributed by atoms with Crippen LogP contribution in [-0.2, 0) is 16.1 Å². The number of amides is 2. The number of aromatic amines is 1. The van der Waals surface area contributed by atoms with Crippen LogP contribution in [0.5, 0.6) is 0 Å². The number of anilines is 1. The lowest BCUT2D eigenvalue weighted by atomic mass is 10.2. The molecule has 1 saturated heterocycles. The minimum Gasteiger partial charge on any atom is -0.372 e. The zero-order valence-electron chi connectivity index (χ0n) is 14.0. The number of ether oxygens (including phenoxy) is 1. The monoisotopic (exact) mass is 365 g/mol. The standard InChI is InChI=1S/C16H20ClN5O3/c1-10-6-21(7-11(2)25-10)15(23)9-22-8-13(5-19-22)20-16(24)14-3-12(17)4-18-14/h3-5,8,10-11,18H,6-7,9H2,1-2H3,(H,20,24). The molecule has 1 aliphatic rings. The predicted molar refractivity (Wildman–Crippen MR) is 92.6 cm³/mol. The summed E-state index contributed by atoms with van der Waals surface area (Å²) in [6, 6.07) is 1.53. The fourth-order valence-corrected chi connectivity index (χ4v) is 3.00. The van der Waals surface area contributed by atoms with Crippen LogP contribution in [0.4, 0.5) is 5.69 Å². The van der Waals surface area contributed by atoms with Gasteiger partial charge in [-0.15, -0.1) is 0 Å². The molecule has 1 fully saturated rings. The second-order valence-electron chi connectivity index (χ2n) is 6.17. The summed E-state index contributed by atoms with van der Waals surface area (Å²) < 4.78 is 7.14. The number of hydrogen-bond acceptors (Lipinski definition) is 4. The van der Waals surface area contributed by atoms with Gasteiger partial charge in [-0.2, -0.15) is 5.10 Å². The highest BCUT2D eigenvalue weighted by atomic mass is 35.5. The van der Waals surface area contributed by atoms with E-state index in [0.717, 1.165) is 0 Å². The highest BCUT2D eigenvalue weighted by molar-refractivity contribution is 6.31. The molecule has 134 valence electrons. The lowest BCUT2D eigenvalue weighted by Crippen LogP contribution is -2.49. The number of halogens is 1. The van der Waals surface area contributed by atoms with Crippen LogP contribution in [0.2, 0.25) is 5.02 Å². The number of morpholine rings is 1. The molecule has 2 atom stereocenters. The number of nitrogens with zero attached hydrogens (tertiary/aromatic N) is 3. The number of rotatable bonds is 4. The lowest BCUT2D eigenvalue weighted by molar-refractivity contribution is -0.144. The van der Waals surface area contributed by atoms with Crippen molar-refractivity contribution in [3.8, 4) is 0 Å². The molecule has 0 aliphatic carbocycles. The normalized spacial score (nSPS) is 20.5. The lowest BCUT2D eigenvalue weighted by Gasteiger charge is -2.35. The molecule has 2 unspecified atom stereocenters. The maximum absolute atomic E-state index is 12.4. The Labute approximate surface area is 150 Å². The van der Waals surface area contributed by atoms with Gasteiger partial charge >= 0.3 is 0 Å². The van der Waals surface area contributed by atoms with Crippen LogP contribution in [-0.4, -0.2) is 56.8 Å². The largest absolute Gasteiger partial charge is 0.372 e. The fourth-order valence-electron chi connectivity index (χ4n) is 2.83. The van der Waals surface area contributed by atoms with E-state index in [2.05, 4.69) is 15.4 Å². The maximum atomic E-state index is 12.4. The Morgan fingerprint density at radius 2 is 2.12 bits per heavy atom. The number of H-pyrrole nitrogens is 1. The quantitative estimate of drug-likeness (QED) is 0.863. The van der Waals surface area contributed by atoms with E-state index in [1.54, 1.807) is 11.1 Å². The predicted octanol–water partition coefficient (Wildman–Crippen LogP) is 1.75. The number of nitrogens with one attached hydrogen (secondary N) is 2. The zero-order chi connectivity index (χ0) is 18.0. The molecule has 25 heavy (non-hydrogen) atoms.